The number of carboxylic acid groups (broad SMARTS) is 1. The Hall–Kier alpha value is -2.37. The SMILES string of the molecule is C=C1CC=C(CCOC(=O)/C=C/C(=O)O)C(=O)N1. The average Bonchev–Trinajstić information content (AvgIpc) is 2.29. The molecule has 0 aromatic carbocycles. The van der Waals surface area contributed by atoms with Crippen LogP contribution in [-0.4, -0.2) is 29.6 Å². The number of allylic oxidation sites excluding steroid dienone is 1. The third-order valence-corrected chi connectivity index (χ3v) is 2.15. The molecule has 18 heavy (non-hydrogen) atoms. The zero-order chi connectivity index (χ0) is 13.5. The fourth-order valence-electron chi connectivity index (χ4n) is 1.30. The van der Waals surface area contributed by atoms with Crippen molar-refractivity contribution >= 4 is 17.8 Å². The number of aliphatic carboxylic acids is 1. The van der Waals surface area contributed by atoms with Crippen LogP contribution in [0.3, 0.4) is 0 Å². The van der Waals surface area contributed by atoms with Gasteiger partial charge in [-0.05, 0) is 0 Å². The van der Waals surface area contributed by atoms with Crippen LogP contribution in [0.4, 0.5) is 0 Å². The molecular weight excluding hydrogens is 238 g/mol. The number of rotatable bonds is 5. The minimum atomic E-state index is -1.22. The van der Waals surface area contributed by atoms with Crippen molar-refractivity contribution in [1.82, 2.24) is 5.32 Å². The van der Waals surface area contributed by atoms with Gasteiger partial charge in [0, 0.05) is 36.3 Å². The maximum atomic E-state index is 11.4. The molecule has 0 saturated carbocycles. The minimum Gasteiger partial charge on any atom is -0.478 e. The molecule has 96 valence electrons. The van der Waals surface area contributed by atoms with E-state index < -0.39 is 11.9 Å². The molecule has 1 rings (SSSR count). The van der Waals surface area contributed by atoms with Gasteiger partial charge in [0.1, 0.15) is 0 Å². The number of hydrogen-bond acceptors (Lipinski definition) is 4. The lowest BCUT2D eigenvalue weighted by molar-refractivity contribution is -0.138. The first kappa shape index (κ1) is 13.7. The van der Waals surface area contributed by atoms with Gasteiger partial charge in [-0.25, -0.2) is 9.59 Å². The summed E-state index contributed by atoms with van der Waals surface area (Å²) >= 11 is 0. The molecule has 0 aromatic heterocycles. The van der Waals surface area contributed by atoms with Crippen molar-refractivity contribution in [3.63, 3.8) is 0 Å². The highest BCUT2D eigenvalue weighted by molar-refractivity contribution is 5.95. The molecule has 0 aromatic rings. The summed E-state index contributed by atoms with van der Waals surface area (Å²) in [4.78, 5) is 32.6. The third kappa shape index (κ3) is 4.65. The Morgan fingerprint density at radius 1 is 1.50 bits per heavy atom. The summed E-state index contributed by atoms with van der Waals surface area (Å²) in [5.74, 6) is -2.22. The molecule has 1 aliphatic heterocycles. The molecule has 0 unspecified atom stereocenters. The van der Waals surface area contributed by atoms with E-state index in [9.17, 15) is 14.4 Å². The summed E-state index contributed by atoms with van der Waals surface area (Å²) in [6.45, 7) is 3.64. The van der Waals surface area contributed by atoms with Crippen LogP contribution in [0, 0.1) is 0 Å². The number of carbonyl (C=O) groups excluding carboxylic acids is 2. The van der Waals surface area contributed by atoms with E-state index in [1.165, 1.54) is 0 Å². The van der Waals surface area contributed by atoms with Crippen LogP contribution >= 0.6 is 0 Å². The van der Waals surface area contributed by atoms with Gasteiger partial charge in [0.2, 0.25) is 0 Å². The Labute approximate surface area is 104 Å². The Balaban J connectivity index is 2.34. The Morgan fingerprint density at radius 2 is 2.22 bits per heavy atom. The fraction of sp³-hybridized carbons (Fsp3) is 0.250. The summed E-state index contributed by atoms with van der Waals surface area (Å²) in [7, 11) is 0. The first-order valence-corrected chi connectivity index (χ1v) is 5.25. The fourth-order valence-corrected chi connectivity index (χ4v) is 1.30. The summed E-state index contributed by atoms with van der Waals surface area (Å²) in [5.41, 5.74) is 1.16. The van der Waals surface area contributed by atoms with Gasteiger partial charge in [0.15, 0.2) is 0 Å². The van der Waals surface area contributed by atoms with Gasteiger partial charge in [0.25, 0.3) is 5.91 Å². The van der Waals surface area contributed by atoms with E-state index in [1.807, 2.05) is 0 Å². The first-order chi connectivity index (χ1) is 8.49. The summed E-state index contributed by atoms with van der Waals surface area (Å²) in [5, 5.41) is 10.9. The maximum absolute atomic E-state index is 11.4. The van der Waals surface area contributed by atoms with Crippen molar-refractivity contribution in [3.8, 4) is 0 Å². The van der Waals surface area contributed by atoms with E-state index in [4.69, 9.17) is 9.84 Å². The molecule has 6 heteroatoms. The third-order valence-electron chi connectivity index (χ3n) is 2.15. The maximum Gasteiger partial charge on any atom is 0.331 e. The average molecular weight is 251 g/mol. The lowest BCUT2D eigenvalue weighted by Crippen LogP contribution is -2.27. The number of amides is 1. The van der Waals surface area contributed by atoms with Crippen LogP contribution in [0.25, 0.3) is 0 Å². The molecule has 1 amide bonds. The van der Waals surface area contributed by atoms with E-state index in [0.717, 1.165) is 6.08 Å². The van der Waals surface area contributed by atoms with Crippen LogP contribution in [0.15, 0.2) is 36.1 Å². The second-order valence-corrected chi connectivity index (χ2v) is 3.58. The van der Waals surface area contributed by atoms with Crippen molar-refractivity contribution in [2.24, 2.45) is 0 Å². The standard InChI is InChI=1S/C12H13NO5/c1-8-2-3-9(12(17)13-8)6-7-18-11(16)5-4-10(14)15/h3-5H,1-2,6-7H2,(H,13,17)(H,14,15)/b5-4+. The minimum absolute atomic E-state index is 0.0223. The van der Waals surface area contributed by atoms with Gasteiger partial charge < -0.3 is 15.2 Å². The predicted molar refractivity (Wildman–Crippen MR) is 62.3 cm³/mol. The molecule has 0 atom stereocenters. The second kappa shape index (κ2) is 6.39. The molecule has 0 saturated heterocycles. The molecule has 1 heterocycles. The van der Waals surface area contributed by atoms with E-state index in [-0.39, 0.29) is 18.9 Å². The predicted octanol–water partition coefficient (Wildman–Crippen LogP) is 0.520. The van der Waals surface area contributed by atoms with Crippen molar-refractivity contribution < 1.29 is 24.2 Å². The number of carbonyl (C=O) groups is 3. The lowest BCUT2D eigenvalue weighted by Gasteiger charge is -2.15. The number of nitrogens with one attached hydrogen (secondary N) is 1. The quantitative estimate of drug-likeness (QED) is 0.549. The highest BCUT2D eigenvalue weighted by Gasteiger charge is 2.14. The summed E-state index contributed by atoms with van der Waals surface area (Å²) in [6.07, 6.45) is 4.08. The highest BCUT2D eigenvalue weighted by atomic mass is 16.5. The molecule has 0 aliphatic carbocycles. The molecule has 1 aliphatic rings. The molecule has 6 nitrogen and oxygen atoms in total. The van der Waals surface area contributed by atoms with Gasteiger partial charge in [0.05, 0.1) is 6.61 Å². The Morgan fingerprint density at radius 3 is 2.83 bits per heavy atom. The summed E-state index contributed by atoms with van der Waals surface area (Å²) < 4.78 is 4.74. The van der Waals surface area contributed by atoms with Gasteiger partial charge in [-0.15, -0.1) is 0 Å². The first-order valence-electron chi connectivity index (χ1n) is 5.25. The molecular formula is C12H13NO5. The van der Waals surface area contributed by atoms with Crippen molar-refractivity contribution in [2.75, 3.05) is 6.61 Å². The normalized spacial score (nSPS) is 15.2. The van der Waals surface area contributed by atoms with Gasteiger partial charge in [-0.1, -0.05) is 12.7 Å². The van der Waals surface area contributed by atoms with Crippen molar-refractivity contribution in [1.29, 1.82) is 0 Å². The van der Waals surface area contributed by atoms with E-state index >= 15 is 0 Å². The van der Waals surface area contributed by atoms with Gasteiger partial charge in [-0.3, -0.25) is 4.79 Å². The zero-order valence-corrected chi connectivity index (χ0v) is 9.64. The number of carboxylic acids is 1. The van der Waals surface area contributed by atoms with E-state index in [0.29, 0.717) is 23.8 Å². The van der Waals surface area contributed by atoms with Gasteiger partial charge in [-0.2, -0.15) is 0 Å². The number of hydrogen-bond donors (Lipinski definition) is 2. The molecule has 0 bridgehead atoms. The Kier molecular flexibility index (Phi) is 4.86. The second-order valence-electron chi connectivity index (χ2n) is 3.58. The smallest absolute Gasteiger partial charge is 0.331 e. The lowest BCUT2D eigenvalue weighted by atomic mass is 10.1. The highest BCUT2D eigenvalue weighted by Crippen LogP contribution is 2.12. The van der Waals surface area contributed by atoms with E-state index in [1.54, 1.807) is 6.08 Å². The number of ether oxygens (including phenoxy) is 1. The van der Waals surface area contributed by atoms with E-state index in [2.05, 4.69) is 11.9 Å². The summed E-state index contributed by atoms with van der Waals surface area (Å²) in [6, 6.07) is 0. The molecule has 0 fully saturated rings. The van der Waals surface area contributed by atoms with Crippen LogP contribution < -0.4 is 5.32 Å². The van der Waals surface area contributed by atoms with Gasteiger partial charge >= 0.3 is 11.9 Å². The van der Waals surface area contributed by atoms with Crippen LogP contribution in [-0.2, 0) is 19.1 Å². The number of esters is 1. The molecule has 0 spiro atoms. The monoisotopic (exact) mass is 251 g/mol. The van der Waals surface area contributed by atoms with Crippen LogP contribution in [0.5, 0.6) is 0 Å². The van der Waals surface area contributed by atoms with Crippen LogP contribution in [0.1, 0.15) is 12.8 Å². The molecule has 0 radical (unpaired) electrons. The topological polar surface area (TPSA) is 92.7 Å². The zero-order valence-electron chi connectivity index (χ0n) is 9.64. The van der Waals surface area contributed by atoms with Crippen LogP contribution in [0.2, 0.25) is 0 Å². The van der Waals surface area contributed by atoms with Crippen molar-refractivity contribution in [3.05, 3.63) is 36.1 Å². The Bertz CT molecular complexity index is 447. The molecule has 2 N–H and O–H groups in total. The van der Waals surface area contributed by atoms with Crippen molar-refractivity contribution in [2.45, 2.75) is 12.8 Å². The largest absolute Gasteiger partial charge is 0.478 e.